The van der Waals surface area contributed by atoms with Crippen molar-refractivity contribution in [2.75, 3.05) is 0 Å². The van der Waals surface area contributed by atoms with Gasteiger partial charge in [0.25, 0.3) is 0 Å². The van der Waals surface area contributed by atoms with Gasteiger partial charge in [-0.3, -0.25) is 4.79 Å². The van der Waals surface area contributed by atoms with E-state index in [2.05, 4.69) is 12.2 Å². The Kier molecular flexibility index (Phi) is 6.44. The van der Waals surface area contributed by atoms with Crippen molar-refractivity contribution in [2.24, 2.45) is 17.6 Å². The molecule has 2 unspecified atom stereocenters. The Balaban J connectivity index is 0.00000162. The Labute approximate surface area is 117 Å². The third-order valence-corrected chi connectivity index (χ3v) is 4.62. The lowest BCUT2D eigenvalue weighted by Gasteiger charge is -2.30. The van der Waals surface area contributed by atoms with Crippen LogP contribution in [0, 0.1) is 11.8 Å². The monoisotopic (exact) mass is 274 g/mol. The van der Waals surface area contributed by atoms with Crippen molar-refractivity contribution in [3.05, 3.63) is 0 Å². The van der Waals surface area contributed by atoms with E-state index < -0.39 is 0 Å². The van der Waals surface area contributed by atoms with Gasteiger partial charge in [-0.2, -0.15) is 0 Å². The minimum atomic E-state index is 0. The molecule has 0 aromatic rings. The van der Waals surface area contributed by atoms with E-state index in [1.54, 1.807) is 0 Å². The normalized spacial score (nSPS) is 35.9. The number of halogens is 1. The van der Waals surface area contributed by atoms with Crippen LogP contribution in [0.4, 0.5) is 0 Å². The zero-order chi connectivity index (χ0) is 12.3. The van der Waals surface area contributed by atoms with Crippen molar-refractivity contribution >= 4 is 18.3 Å². The van der Waals surface area contributed by atoms with Crippen molar-refractivity contribution in [1.29, 1.82) is 0 Å². The summed E-state index contributed by atoms with van der Waals surface area (Å²) in [4.78, 5) is 12.0. The number of rotatable bonds is 3. The molecule has 4 heteroatoms. The van der Waals surface area contributed by atoms with Crippen molar-refractivity contribution in [3.63, 3.8) is 0 Å². The molecule has 0 aromatic carbocycles. The number of nitrogens with two attached hydrogens (primary N) is 1. The lowest BCUT2D eigenvalue weighted by molar-refractivity contribution is -0.123. The summed E-state index contributed by atoms with van der Waals surface area (Å²) >= 11 is 0. The van der Waals surface area contributed by atoms with Crippen LogP contribution in [0.15, 0.2) is 0 Å². The predicted octanol–water partition coefficient (Wildman–Crippen LogP) is 2.62. The zero-order valence-electron chi connectivity index (χ0n) is 11.4. The van der Waals surface area contributed by atoms with Gasteiger partial charge < -0.3 is 11.1 Å². The molecule has 1 amide bonds. The summed E-state index contributed by atoms with van der Waals surface area (Å²) in [5.74, 6) is 1.30. The van der Waals surface area contributed by atoms with Crippen LogP contribution in [0.25, 0.3) is 0 Å². The quantitative estimate of drug-likeness (QED) is 0.831. The van der Waals surface area contributed by atoms with Gasteiger partial charge in [-0.1, -0.05) is 26.2 Å². The maximum absolute atomic E-state index is 12.0. The van der Waals surface area contributed by atoms with Crippen LogP contribution in [0.3, 0.4) is 0 Å². The van der Waals surface area contributed by atoms with Crippen LogP contribution in [-0.4, -0.2) is 18.0 Å². The second-order valence-electron chi connectivity index (χ2n) is 5.99. The van der Waals surface area contributed by atoms with Crippen LogP contribution < -0.4 is 11.1 Å². The maximum Gasteiger partial charge on any atom is 0.220 e. The molecule has 4 atom stereocenters. The molecule has 3 N–H and O–H groups in total. The first kappa shape index (κ1) is 15.8. The first-order valence-electron chi connectivity index (χ1n) is 7.21. The van der Waals surface area contributed by atoms with Gasteiger partial charge in [-0.15, -0.1) is 12.4 Å². The lowest BCUT2D eigenvalue weighted by Crippen LogP contribution is -2.42. The minimum absolute atomic E-state index is 0. The predicted molar refractivity (Wildman–Crippen MR) is 76.7 cm³/mol. The van der Waals surface area contributed by atoms with E-state index in [9.17, 15) is 4.79 Å². The van der Waals surface area contributed by atoms with Gasteiger partial charge in [0, 0.05) is 18.5 Å². The molecule has 2 rings (SSSR count). The van der Waals surface area contributed by atoms with Gasteiger partial charge in [-0.05, 0) is 37.5 Å². The number of hydrogen-bond donors (Lipinski definition) is 2. The average molecular weight is 275 g/mol. The van der Waals surface area contributed by atoms with Crippen LogP contribution in [0.5, 0.6) is 0 Å². The fourth-order valence-corrected chi connectivity index (χ4v) is 3.35. The fraction of sp³-hybridized carbons (Fsp3) is 0.929. The molecular formula is C14H27ClN2O. The Bertz CT molecular complexity index is 273. The van der Waals surface area contributed by atoms with Crippen molar-refractivity contribution in [1.82, 2.24) is 5.32 Å². The number of nitrogens with one attached hydrogen (secondary N) is 1. The number of carbonyl (C=O) groups is 1. The van der Waals surface area contributed by atoms with E-state index in [0.29, 0.717) is 24.3 Å². The van der Waals surface area contributed by atoms with Gasteiger partial charge in [0.05, 0.1) is 0 Å². The van der Waals surface area contributed by atoms with Gasteiger partial charge in [0.15, 0.2) is 0 Å². The van der Waals surface area contributed by atoms with Gasteiger partial charge in [-0.25, -0.2) is 0 Å². The molecule has 2 saturated carbocycles. The van der Waals surface area contributed by atoms with E-state index in [-0.39, 0.29) is 24.4 Å². The molecular weight excluding hydrogens is 248 g/mol. The standard InChI is InChI=1S/C14H26N2O.ClH/c1-10-5-2-3-8-13(10)16-14(17)9-11-6-4-7-12(11)15;/h10-13H,2-9,15H2,1H3,(H,16,17);1H/t10?,11-,12+,13?;/m0./s1. The second-order valence-corrected chi connectivity index (χ2v) is 5.99. The van der Waals surface area contributed by atoms with E-state index in [1.165, 1.54) is 25.7 Å². The van der Waals surface area contributed by atoms with Gasteiger partial charge in [0.2, 0.25) is 5.91 Å². The summed E-state index contributed by atoms with van der Waals surface area (Å²) in [6.45, 7) is 2.26. The van der Waals surface area contributed by atoms with Crippen LogP contribution in [-0.2, 0) is 4.79 Å². The van der Waals surface area contributed by atoms with E-state index in [0.717, 1.165) is 19.3 Å². The minimum Gasteiger partial charge on any atom is -0.353 e. The maximum atomic E-state index is 12.0. The Morgan fingerprint density at radius 1 is 1.17 bits per heavy atom. The molecule has 106 valence electrons. The highest BCUT2D eigenvalue weighted by molar-refractivity contribution is 5.85. The first-order chi connectivity index (χ1) is 8.16. The molecule has 0 spiro atoms. The Morgan fingerprint density at radius 2 is 1.89 bits per heavy atom. The molecule has 0 heterocycles. The molecule has 0 radical (unpaired) electrons. The van der Waals surface area contributed by atoms with E-state index >= 15 is 0 Å². The lowest BCUT2D eigenvalue weighted by atomic mass is 9.85. The van der Waals surface area contributed by atoms with Crippen molar-refractivity contribution < 1.29 is 4.79 Å². The summed E-state index contributed by atoms with van der Waals surface area (Å²) in [6.07, 6.45) is 9.06. The topological polar surface area (TPSA) is 55.1 Å². The summed E-state index contributed by atoms with van der Waals surface area (Å²) in [5, 5.41) is 3.22. The van der Waals surface area contributed by atoms with E-state index in [1.807, 2.05) is 0 Å². The first-order valence-corrected chi connectivity index (χ1v) is 7.21. The average Bonchev–Trinajstić information content (AvgIpc) is 2.68. The molecule has 0 aromatic heterocycles. The largest absolute Gasteiger partial charge is 0.353 e. The van der Waals surface area contributed by atoms with Crippen molar-refractivity contribution in [2.45, 2.75) is 70.4 Å². The van der Waals surface area contributed by atoms with E-state index in [4.69, 9.17) is 5.73 Å². The van der Waals surface area contributed by atoms with Gasteiger partial charge in [0.1, 0.15) is 0 Å². The molecule has 3 nitrogen and oxygen atoms in total. The molecule has 18 heavy (non-hydrogen) atoms. The number of hydrogen-bond acceptors (Lipinski definition) is 2. The smallest absolute Gasteiger partial charge is 0.220 e. The fourth-order valence-electron chi connectivity index (χ4n) is 3.35. The summed E-state index contributed by atoms with van der Waals surface area (Å²) in [7, 11) is 0. The number of carbonyl (C=O) groups excluding carboxylic acids is 1. The Morgan fingerprint density at radius 3 is 2.50 bits per heavy atom. The summed E-state index contributed by atoms with van der Waals surface area (Å²) < 4.78 is 0. The van der Waals surface area contributed by atoms with Crippen LogP contribution in [0.2, 0.25) is 0 Å². The molecule has 2 aliphatic carbocycles. The molecule has 0 bridgehead atoms. The highest BCUT2D eigenvalue weighted by atomic mass is 35.5. The van der Waals surface area contributed by atoms with Crippen LogP contribution >= 0.6 is 12.4 Å². The van der Waals surface area contributed by atoms with Gasteiger partial charge >= 0.3 is 0 Å². The molecule has 2 aliphatic rings. The summed E-state index contributed by atoms with van der Waals surface area (Å²) in [5.41, 5.74) is 6.01. The molecule has 0 saturated heterocycles. The summed E-state index contributed by atoms with van der Waals surface area (Å²) in [6, 6.07) is 0.665. The van der Waals surface area contributed by atoms with Crippen molar-refractivity contribution in [3.8, 4) is 0 Å². The highest BCUT2D eigenvalue weighted by Gasteiger charge is 2.28. The second kappa shape index (κ2) is 7.34. The highest BCUT2D eigenvalue weighted by Crippen LogP contribution is 2.28. The molecule has 0 aliphatic heterocycles. The third-order valence-electron chi connectivity index (χ3n) is 4.62. The Hall–Kier alpha value is -0.280. The van der Waals surface area contributed by atoms with Crippen LogP contribution in [0.1, 0.15) is 58.3 Å². The number of amides is 1. The SMILES string of the molecule is CC1CCCCC1NC(=O)C[C@@H]1CCC[C@H]1N.Cl. The third kappa shape index (κ3) is 4.13. The molecule has 2 fully saturated rings. The zero-order valence-corrected chi connectivity index (χ0v) is 12.2.